The van der Waals surface area contributed by atoms with Crippen LogP contribution in [0.2, 0.25) is 0 Å². The summed E-state index contributed by atoms with van der Waals surface area (Å²) in [7, 11) is -3.89. The number of carbonyl (C=O) groups is 1. The summed E-state index contributed by atoms with van der Waals surface area (Å²) in [6, 6.07) is 12.9. The Morgan fingerprint density at radius 3 is 2.53 bits per heavy atom. The van der Waals surface area contributed by atoms with E-state index in [1.165, 1.54) is 12.1 Å². The Bertz CT molecular complexity index is 1210. The lowest BCUT2D eigenvalue weighted by atomic mass is 10.1. The van der Waals surface area contributed by atoms with Gasteiger partial charge in [-0.25, -0.2) is 8.42 Å². The van der Waals surface area contributed by atoms with E-state index in [1.54, 1.807) is 48.8 Å². The summed E-state index contributed by atoms with van der Waals surface area (Å²) >= 11 is 0. The number of carbonyl (C=O) groups excluding carboxylic acids is 1. The largest absolute Gasteiger partial charge is 0.460 e. The average molecular weight is 426 g/mol. The number of nitrogens with zero attached hydrogens (tertiary/aromatic N) is 2. The smallest absolute Gasteiger partial charge is 0.324 e. The van der Waals surface area contributed by atoms with Crippen molar-refractivity contribution in [3.05, 3.63) is 71.5 Å². The summed E-state index contributed by atoms with van der Waals surface area (Å²) in [5, 5.41) is 9.47. The molecule has 2 aromatic heterocycles. The van der Waals surface area contributed by atoms with Crippen LogP contribution < -0.4 is 4.72 Å². The van der Waals surface area contributed by atoms with Crippen molar-refractivity contribution in [2.24, 2.45) is 5.92 Å². The number of sulfonamides is 1. The highest BCUT2D eigenvalue weighted by molar-refractivity contribution is 7.89. The number of hydrogen-bond acceptors (Lipinski definition) is 5. The fraction of sp³-hybridized carbons (Fsp3) is 0.273. The Morgan fingerprint density at radius 2 is 1.90 bits per heavy atom. The molecular weight excluding hydrogens is 402 g/mol. The third-order valence-corrected chi connectivity index (χ3v) is 6.23. The zero-order chi connectivity index (χ0) is 21.9. The number of ether oxygens (including phenoxy) is 1. The number of fused-ring (bicyclic) bond motifs is 1. The van der Waals surface area contributed by atoms with E-state index >= 15 is 0 Å². The van der Waals surface area contributed by atoms with Gasteiger partial charge in [0.1, 0.15) is 18.7 Å². The molecule has 0 bridgehead atoms. The highest BCUT2D eigenvalue weighted by Crippen LogP contribution is 2.20. The molecule has 0 amide bonds. The van der Waals surface area contributed by atoms with Crippen molar-refractivity contribution in [3.63, 3.8) is 0 Å². The van der Waals surface area contributed by atoms with Crippen molar-refractivity contribution in [2.45, 2.75) is 38.3 Å². The summed E-state index contributed by atoms with van der Waals surface area (Å²) in [6.07, 6.45) is 3.52. The van der Waals surface area contributed by atoms with E-state index in [4.69, 9.17) is 4.74 Å². The van der Waals surface area contributed by atoms with E-state index in [-0.39, 0.29) is 17.4 Å². The van der Waals surface area contributed by atoms with Gasteiger partial charge in [0.25, 0.3) is 0 Å². The lowest BCUT2D eigenvalue weighted by Crippen LogP contribution is -2.45. The van der Waals surface area contributed by atoms with Crippen LogP contribution in [0.25, 0.3) is 5.52 Å². The van der Waals surface area contributed by atoms with Crippen molar-refractivity contribution in [3.8, 4) is 6.07 Å². The first-order valence-corrected chi connectivity index (χ1v) is 11.0. The molecule has 1 aromatic carbocycles. The fourth-order valence-electron chi connectivity index (χ4n) is 3.06. The number of nitrogens with one attached hydrogen (secondary N) is 1. The van der Waals surface area contributed by atoms with E-state index in [2.05, 4.69) is 10.8 Å². The van der Waals surface area contributed by atoms with E-state index in [1.807, 2.05) is 19.1 Å². The first-order chi connectivity index (χ1) is 14.2. The quantitative estimate of drug-likeness (QED) is 0.586. The maximum Gasteiger partial charge on any atom is 0.324 e. The predicted octanol–water partition coefficient (Wildman–Crippen LogP) is 3.17. The zero-order valence-electron chi connectivity index (χ0n) is 17.0. The van der Waals surface area contributed by atoms with Gasteiger partial charge in [-0.3, -0.25) is 4.79 Å². The SMILES string of the molecule is Cc1ccc(S(=O)(=O)N[C@H](C(=O)OCc2cn3ccccc3c2C#N)C(C)C)cc1. The molecule has 0 aliphatic carbocycles. The molecule has 0 spiro atoms. The van der Waals surface area contributed by atoms with Crippen molar-refractivity contribution < 1.29 is 17.9 Å². The van der Waals surface area contributed by atoms with Gasteiger partial charge in [0.05, 0.1) is 16.0 Å². The van der Waals surface area contributed by atoms with Crippen LogP contribution in [-0.4, -0.2) is 24.8 Å². The minimum Gasteiger partial charge on any atom is -0.460 e. The van der Waals surface area contributed by atoms with Crippen LogP contribution in [0.5, 0.6) is 0 Å². The van der Waals surface area contributed by atoms with Crippen LogP contribution in [0.3, 0.4) is 0 Å². The summed E-state index contributed by atoms with van der Waals surface area (Å²) in [6.45, 7) is 5.20. The normalized spacial score (nSPS) is 12.6. The summed E-state index contributed by atoms with van der Waals surface area (Å²) in [5.41, 5.74) is 2.62. The number of nitriles is 1. The first-order valence-electron chi connectivity index (χ1n) is 9.47. The Morgan fingerprint density at radius 1 is 1.20 bits per heavy atom. The molecular formula is C22H23N3O4S. The third kappa shape index (κ3) is 4.53. The van der Waals surface area contributed by atoms with Gasteiger partial charge in [-0.15, -0.1) is 0 Å². The molecule has 0 aliphatic rings. The van der Waals surface area contributed by atoms with Crippen LogP contribution in [0, 0.1) is 24.2 Å². The van der Waals surface area contributed by atoms with Gasteiger partial charge in [-0.2, -0.15) is 9.98 Å². The number of aromatic nitrogens is 1. The summed E-state index contributed by atoms with van der Waals surface area (Å²) < 4.78 is 35.0. The molecule has 7 nitrogen and oxygen atoms in total. The summed E-state index contributed by atoms with van der Waals surface area (Å²) in [5.74, 6) is -1.03. The molecule has 8 heteroatoms. The molecule has 0 aliphatic heterocycles. The van der Waals surface area contributed by atoms with Gasteiger partial charge in [-0.05, 0) is 37.1 Å². The predicted molar refractivity (Wildman–Crippen MR) is 112 cm³/mol. The number of rotatable bonds is 7. The van der Waals surface area contributed by atoms with Crippen LogP contribution in [0.15, 0.2) is 59.8 Å². The maximum atomic E-state index is 12.7. The number of esters is 1. The highest BCUT2D eigenvalue weighted by Gasteiger charge is 2.30. The van der Waals surface area contributed by atoms with E-state index in [0.29, 0.717) is 16.6 Å². The lowest BCUT2D eigenvalue weighted by molar-refractivity contribution is -0.148. The van der Waals surface area contributed by atoms with Crippen molar-refractivity contribution in [2.75, 3.05) is 0 Å². The molecule has 156 valence electrons. The van der Waals surface area contributed by atoms with Crippen molar-refractivity contribution in [1.82, 2.24) is 9.12 Å². The zero-order valence-corrected chi connectivity index (χ0v) is 17.8. The molecule has 3 rings (SSSR count). The standard InChI is InChI=1S/C22H23N3O4S/c1-15(2)21(24-30(27,28)18-9-7-16(3)8-10-18)22(26)29-14-17-13-25-11-5-4-6-20(25)19(17)12-23/h4-11,13,15,21,24H,14H2,1-3H3/t21-/m0/s1. The highest BCUT2D eigenvalue weighted by atomic mass is 32.2. The Labute approximate surface area is 176 Å². The minimum absolute atomic E-state index is 0.0806. The van der Waals surface area contributed by atoms with Gasteiger partial charge in [-0.1, -0.05) is 37.6 Å². The molecule has 30 heavy (non-hydrogen) atoms. The lowest BCUT2D eigenvalue weighted by Gasteiger charge is -2.21. The second-order valence-corrected chi connectivity index (χ2v) is 9.11. The Balaban J connectivity index is 1.77. The van der Waals surface area contributed by atoms with Crippen LogP contribution in [0.1, 0.15) is 30.5 Å². The second-order valence-electron chi connectivity index (χ2n) is 7.40. The Kier molecular flexibility index (Phi) is 6.25. The number of aryl methyl sites for hydroxylation is 1. The molecule has 1 atom stereocenters. The van der Waals surface area contributed by atoms with E-state index in [0.717, 1.165) is 5.56 Å². The number of benzene rings is 1. The molecule has 1 N–H and O–H groups in total. The second kappa shape index (κ2) is 8.69. The van der Waals surface area contributed by atoms with Crippen LogP contribution in [0.4, 0.5) is 0 Å². The van der Waals surface area contributed by atoms with Crippen molar-refractivity contribution in [1.29, 1.82) is 5.26 Å². The van der Waals surface area contributed by atoms with Crippen molar-refractivity contribution >= 4 is 21.5 Å². The number of hydrogen-bond donors (Lipinski definition) is 1. The third-order valence-electron chi connectivity index (χ3n) is 4.78. The molecule has 2 heterocycles. The van der Waals surface area contributed by atoms with Gasteiger partial charge in [0.2, 0.25) is 10.0 Å². The first kappa shape index (κ1) is 21.6. The molecule has 0 saturated carbocycles. The van der Waals surface area contributed by atoms with Gasteiger partial charge >= 0.3 is 5.97 Å². The minimum atomic E-state index is -3.89. The van der Waals surface area contributed by atoms with Gasteiger partial charge < -0.3 is 9.14 Å². The average Bonchev–Trinajstić information content (AvgIpc) is 3.08. The molecule has 0 radical (unpaired) electrons. The van der Waals surface area contributed by atoms with E-state index in [9.17, 15) is 18.5 Å². The van der Waals surface area contributed by atoms with Gasteiger partial charge in [0, 0.05) is 18.0 Å². The molecule has 0 saturated heterocycles. The molecule has 0 fully saturated rings. The van der Waals surface area contributed by atoms with Crippen LogP contribution in [-0.2, 0) is 26.2 Å². The Hall–Kier alpha value is -3.15. The fourth-order valence-corrected chi connectivity index (χ4v) is 4.40. The molecule has 0 unspecified atom stereocenters. The monoisotopic (exact) mass is 425 g/mol. The topological polar surface area (TPSA) is 101 Å². The van der Waals surface area contributed by atoms with Gasteiger partial charge in [0.15, 0.2) is 0 Å². The molecule has 3 aromatic rings. The summed E-state index contributed by atoms with van der Waals surface area (Å²) in [4.78, 5) is 12.8. The van der Waals surface area contributed by atoms with E-state index < -0.39 is 22.0 Å². The van der Waals surface area contributed by atoms with Crippen LogP contribution >= 0.6 is 0 Å². The number of pyridine rings is 1. The maximum absolute atomic E-state index is 12.7.